The van der Waals surface area contributed by atoms with Gasteiger partial charge in [-0.05, 0) is 56.6 Å². The molecule has 2 rings (SSSR count). The van der Waals surface area contributed by atoms with Gasteiger partial charge >= 0.3 is 0 Å². The van der Waals surface area contributed by atoms with Gasteiger partial charge in [-0.3, -0.25) is 16.0 Å². The van der Waals surface area contributed by atoms with Crippen LogP contribution in [-0.2, 0) is 19.9 Å². The van der Waals surface area contributed by atoms with Gasteiger partial charge in [0.1, 0.15) is 0 Å². The second kappa shape index (κ2) is 7.02. The van der Waals surface area contributed by atoms with E-state index in [9.17, 15) is 0 Å². The number of nitrogens with two attached hydrogens (primary N) is 1. The Labute approximate surface area is 141 Å². The number of nitrogens with one attached hydrogen (secondary N) is 1. The summed E-state index contributed by atoms with van der Waals surface area (Å²) in [6, 6.07) is 8.35. The lowest BCUT2D eigenvalue weighted by atomic mass is 10.0. The average Bonchev–Trinajstić information content (AvgIpc) is 2.72. The third-order valence-electron chi connectivity index (χ3n) is 3.38. The molecular formula is C14H18BrIN4. The summed E-state index contributed by atoms with van der Waals surface area (Å²) >= 11 is 6.00. The Hall–Kier alpha value is -0.440. The Morgan fingerprint density at radius 2 is 2.15 bits per heavy atom. The van der Waals surface area contributed by atoms with E-state index in [-0.39, 0.29) is 6.04 Å². The van der Waals surface area contributed by atoms with Crippen molar-refractivity contribution in [2.45, 2.75) is 25.8 Å². The molecule has 108 valence electrons. The van der Waals surface area contributed by atoms with Crippen molar-refractivity contribution in [3.63, 3.8) is 0 Å². The summed E-state index contributed by atoms with van der Waals surface area (Å²) < 4.78 is 4.24. The maximum absolute atomic E-state index is 5.76. The third-order valence-corrected chi connectivity index (χ3v) is 5.28. The van der Waals surface area contributed by atoms with Gasteiger partial charge in [0.15, 0.2) is 0 Å². The lowest BCUT2D eigenvalue weighted by Gasteiger charge is -2.18. The molecule has 0 spiro atoms. The van der Waals surface area contributed by atoms with Crippen LogP contribution in [0.4, 0.5) is 0 Å². The Morgan fingerprint density at radius 1 is 1.45 bits per heavy atom. The standard InChI is InChI=1S/C14H18BrIN4/c1-3-11-14(15)13(20(2)19-11)8-12(18-17)9-6-4-5-7-10(9)16/h4-7,12,18H,3,8,17H2,1-2H3. The predicted molar refractivity (Wildman–Crippen MR) is 93.2 cm³/mol. The van der Waals surface area contributed by atoms with Gasteiger partial charge < -0.3 is 0 Å². The third kappa shape index (κ3) is 3.24. The van der Waals surface area contributed by atoms with Gasteiger partial charge in [-0.1, -0.05) is 25.1 Å². The monoisotopic (exact) mass is 448 g/mol. The Balaban J connectivity index is 2.32. The van der Waals surface area contributed by atoms with Crippen molar-refractivity contribution in [1.29, 1.82) is 0 Å². The molecule has 3 N–H and O–H groups in total. The highest BCUT2D eigenvalue weighted by Crippen LogP contribution is 2.28. The molecule has 20 heavy (non-hydrogen) atoms. The first kappa shape index (κ1) is 15.9. The Bertz CT molecular complexity index is 597. The molecule has 0 saturated heterocycles. The van der Waals surface area contributed by atoms with Crippen molar-refractivity contribution >= 4 is 38.5 Å². The van der Waals surface area contributed by atoms with E-state index in [0.717, 1.165) is 28.7 Å². The first-order valence-corrected chi connectivity index (χ1v) is 8.36. The number of nitrogens with zero attached hydrogens (tertiary/aromatic N) is 2. The molecule has 1 unspecified atom stereocenters. The molecule has 0 bridgehead atoms. The quantitative estimate of drug-likeness (QED) is 0.419. The highest BCUT2D eigenvalue weighted by Gasteiger charge is 2.19. The molecule has 4 nitrogen and oxygen atoms in total. The molecule has 0 aliphatic heterocycles. The van der Waals surface area contributed by atoms with Gasteiger partial charge in [-0.15, -0.1) is 0 Å². The lowest BCUT2D eigenvalue weighted by molar-refractivity contribution is 0.527. The SMILES string of the molecule is CCc1nn(C)c(CC(NN)c2ccccc2I)c1Br. The van der Waals surface area contributed by atoms with Crippen molar-refractivity contribution in [3.8, 4) is 0 Å². The van der Waals surface area contributed by atoms with Crippen molar-refractivity contribution < 1.29 is 0 Å². The summed E-state index contributed by atoms with van der Waals surface area (Å²) in [6.45, 7) is 2.11. The number of benzene rings is 1. The smallest absolute Gasteiger partial charge is 0.0766 e. The number of hydrogen-bond acceptors (Lipinski definition) is 3. The molecule has 6 heteroatoms. The van der Waals surface area contributed by atoms with Crippen LogP contribution in [0, 0.1) is 3.57 Å². The van der Waals surface area contributed by atoms with Crippen molar-refractivity contribution in [2.75, 3.05) is 0 Å². The normalized spacial score (nSPS) is 12.7. The fraction of sp³-hybridized carbons (Fsp3) is 0.357. The summed E-state index contributed by atoms with van der Waals surface area (Å²) in [4.78, 5) is 0. The number of hydrogen-bond donors (Lipinski definition) is 2. The largest absolute Gasteiger partial charge is 0.271 e. The number of halogens is 2. The second-order valence-corrected chi connectivity index (χ2v) is 6.58. The summed E-state index contributed by atoms with van der Waals surface area (Å²) in [6.07, 6.45) is 1.71. The Morgan fingerprint density at radius 3 is 2.70 bits per heavy atom. The van der Waals surface area contributed by atoms with Gasteiger partial charge in [0.25, 0.3) is 0 Å². The summed E-state index contributed by atoms with van der Waals surface area (Å²) in [5.41, 5.74) is 6.37. The number of aromatic nitrogens is 2. The molecule has 0 aliphatic carbocycles. The van der Waals surface area contributed by atoms with E-state index in [1.54, 1.807) is 0 Å². The molecule has 1 heterocycles. The van der Waals surface area contributed by atoms with E-state index in [1.807, 2.05) is 23.9 Å². The van der Waals surface area contributed by atoms with Crippen LogP contribution < -0.4 is 11.3 Å². The molecule has 1 aromatic carbocycles. The van der Waals surface area contributed by atoms with Crippen LogP contribution in [-0.4, -0.2) is 9.78 Å². The van der Waals surface area contributed by atoms with Crippen LogP contribution in [0.1, 0.15) is 29.9 Å². The molecule has 2 aromatic rings. The maximum Gasteiger partial charge on any atom is 0.0766 e. The zero-order valence-electron chi connectivity index (χ0n) is 11.5. The van der Waals surface area contributed by atoms with E-state index in [2.05, 4.69) is 68.1 Å². The second-order valence-electron chi connectivity index (χ2n) is 4.63. The molecular weight excluding hydrogens is 431 g/mol. The van der Waals surface area contributed by atoms with E-state index in [1.165, 1.54) is 9.13 Å². The van der Waals surface area contributed by atoms with Crippen LogP contribution in [0.3, 0.4) is 0 Å². The fourth-order valence-corrected chi connectivity index (χ4v) is 3.79. The average molecular weight is 449 g/mol. The number of aryl methyl sites for hydroxylation is 2. The molecule has 0 aliphatic rings. The highest BCUT2D eigenvalue weighted by atomic mass is 127. The molecule has 1 atom stereocenters. The molecule has 0 amide bonds. The van der Waals surface area contributed by atoms with E-state index >= 15 is 0 Å². The highest BCUT2D eigenvalue weighted by molar-refractivity contribution is 14.1. The molecule has 0 fully saturated rings. The first-order chi connectivity index (χ1) is 9.58. The van der Waals surface area contributed by atoms with Crippen molar-refractivity contribution in [3.05, 3.63) is 49.3 Å². The maximum atomic E-state index is 5.76. The topological polar surface area (TPSA) is 55.9 Å². The van der Waals surface area contributed by atoms with E-state index in [0.29, 0.717) is 0 Å². The van der Waals surface area contributed by atoms with Gasteiger partial charge in [0.05, 0.1) is 21.9 Å². The van der Waals surface area contributed by atoms with Crippen LogP contribution in [0.2, 0.25) is 0 Å². The number of rotatable bonds is 5. The molecule has 0 saturated carbocycles. The van der Waals surface area contributed by atoms with Gasteiger partial charge in [-0.25, -0.2) is 0 Å². The Kier molecular flexibility index (Phi) is 5.59. The zero-order chi connectivity index (χ0) is 14.7. The van der Waals surface area contributed by atoms with Crippen LogP contribution in [0.25, 0.3) is 0 Å². The summed E-state index contributed by atoms with van der Waals surface area (Å²) in [5, 5.41) is 4.53. The van der Waals surface area contributed by atoms with E-state index in [4.69, 9.17) is 5.84 Å². The fourth-order valence-electron chi connectivity index (χ4n) is 2.25. The van der Waals surface area contributed by atoms with Crippen LogP contribution >= 0.6 is 38.5 Å². The van der Waals surface area contributed by atoms with Crippen molar-refractivity contribution in [2.24, 2.45) is 12.9 Å². The minimum absolute atomic E-state index is 0.0690. The molecule has 1 aromatic heterocycles. The summed E-state index contributed by atoms with van der Waals surface area (Å²) in [7, 11) is 1.97. The minimum Gasteiger partial charge on any atom is -0.271 e. The zero-order valence-corrected chi connectivity index (χ0v) is 15.3. The number of hydrazine groups is 1. The van der Waals surface area contributed by atoms with Gasteiger partial charge in [0, 0.05) is 17.0 Å². The van der Waals surface area contributed by atoms with E-state index < -0.39 is 0 Å². The van der Waals surface area contributed by atoms with Gasteiger partial charge in [0.2, 0.25) is 0 Å². The molecule has 0 radical (unpaired) electrons. The summed E-state index contributed by atoms with van der Waals surface area (Å²) in [5.74, 6) is 5.76. The van der Waals surface area contributed by atoms with Crippen LogP contribution in [0.5, 0.6) is 0 Å². The van der Waals surface area contributed by atoms with Crippen molar-refractivity contribution in [1.82, 2.24) is 15.2 Å². The first-order valence-electron chi connectivity index (χ1n) is 6.49. The van der Waals surface area contributed by atoms with Gasteiger partial charge in [-0.2, -0.15) is 5.10 Å². The lowest BCUT2D eigenvalue weighted by Crippen LogP contribution is -2.30. The van der Waals surface area contributed by atoms with Crippen LogP contribution in [0.15, 0.2) is 28.7 Å². The minimum atomic E-state index is 0.0690. The predicted octanol–water partition coefficient (Wildman–Crippen LogP) is 3.10.